The van der Waals surface area contributed by atoms with Gasteiger partial charge in [-0.05, 0) is 36.8 Å². The maximum absolute atomic E-state index is 12.0. The molecule has 0 aliphatic heterocycles. The molecule has 9 nitrogen and oxygen atoms in total. The van der Waals surface area contributed by atoms with Crippen molar-refractivity contribution >= 4 is 41.5 Å². The second kappa shape index (κ2) is 9.23. The standard InChI is InChI=1S/C22H24N8OS/c1-4-23-22(31)30(32)20-9-8-18-21(27-20)26-19(12-24-18)16-11-25-29(14-16)13-15-6-5-7-17(10-15)28(2)3/h5-12,14,32H,4,13H2,1-3H3,(H,23,31). The van der Waals surface area contributed by atoms with Gasteiger partial charge in [-0.3, -0.25) is 9.67 Å². The van der Waals surface area contributed by atoms with Crippen molar-refractivity contribution in [3.63, 3.8) is 0 Å². The number of anilines is 2. The van der Waals surface area contributed by atoms with Crippen LogP contribution >= 0.6 is 12.8 Å². The lowest BCUT2D eigenvalue weighted by Crippen LogP contribution is -2.34. The second-order valence-corrected chi connectivity index (χ2v) is 7.81. The summed E-state index contributed by atoms with van der Waals surface area (Å²) in [5.74, 6) is 0.370. The number of amides is 2. The summed E-state index contributed by atoms with van der Waals surface area (Å²) in [6.45, 7) is 2.98. The van der Waals surface area contributed by atoms with E-state index in [0.717, 1.165) is 21.1 Å². The van der Waals surface area contributed by atoms with Crippen LogP contribution < -0.4 is 14.5 Å². The predicted octanol–water partition coefficient (Wildman–Crippen LogP) is 3.38. The molecule has 3 heterocycles. The Morgan fingerprint density at radius 2 is 2.00 bits per heavy atom. The maximum atomic E-state index is 12.0. The van der Waals surface area contributed by atoms with Crippen molar-refractivity contribution in [2.24, 2.45) is 0 Å². The van der Waals surface area contributed by atoms with Crippen LogP contribution in [-0.4, -0.2) is 51.4 Å². The van der Waals surface area contributed by atoms with E-state index < -0.39 is 0 Å². The summed E-state index contributed by atoms with van der Waals surface area (Å²) >= 11 is 4.23. The number of pyridine rings is 1. The molecule has 0 atom stereocenters. The minimum atomic E-state index is -0.355. The van der Waals surface area contributed by atoms with Crippen LogP contribution in [0.15, 0.2) is 55.0 Å². The number of benzene rings is 1. The number of thiol groups is 1. The topological polar surface area (TPSA) is 92.1 Å². The zero-order chi connectivity index (χ0) is 22.7. The summed E-state index contributed by atoms with van der Waals surface area (Å²) in [5, 5.41) is 7.16. The molecule has 3 aromatic heterocycles. The zero-order valence-electron chi connectivity index (χ0n) is 18.1. The number of carbonyl (C=O) groups is 1. The number of fused-ring (bicyclic) bond motifs is 1. The van der Waals surface area contributed by atoms with Gasteiger partial charge >= 0.3 is 6.03 Å². The van der Waals surface area contributed by atoms with E-state index in [4.69, 9.17) is 0 Å². The molecule has 10 heteroatoms. The van der Waals surface area contributed by atoms with Crippen molar-refractivity contribution in [2.75, 3.05) is 29.8 Å². The van der Waals surface area contributed by atoms with Gasteiger partial charge in [-0.15, -0.1) is 0 Å². The van der Waals surface area contributed by atoms with Crippen molar-refractivity contribution in [1.29, 1.82) is 0 Å². The molecule has 4 rings (SSSR count). The monoisotopic (exact) mass is 448 g/mol. The van der Waals surface area contributed by atoms with Gasteiger partial charge in [0.05, 0.1) is 24.6 Å². The number of nitrogens with zero attached hydrogens (tertiary/aromatic N) is 7. The Labute approximate surface area is 191 Å². The molecule has 32 heavy (non-hydrogen) atoms. The number of hydrogen-bond acceptors (Lipinski definition) is 7. The van der Waals surface area contributed by atoms with Crippen LogP contribution in [0.4, 0.5) is 16.3 Å². The number of carbonyl (C=O) groups excluding carboxylic acids is 1. The lowest BCUT2D eigenvalue weighted by atomic mass is 10.2. The molecule has 0 radical (unpaired) electrons. The second-order valence-electron chi connectivity index (χ2n) is 7.41. The first-order valence-corrected chi connectivity index (χ1v) is 10.5. The van der Waals surface area contributed by atoms with E-state index >= 15 is 0 Å². The smallest absolute Gasteiger partial charge is 0.333 e. The van der Waals surface area contributed by atoms with E-state index in [-0.39, 0.29) is 6.03 Å². The van der Waals surface area contributed by atoms with Gasteiger partial charge in [-0.25, -0.2) is 19.1 Å². The third kappa shape index (κ3) is 4.65. The highest BCUT2D eigenvalue weighted by atomic mass is 32.1. The third-order valence-electron chi connectivity index (χ3n) is 4.83. The van der Waals surface area contributed by atoms with Gasteiger partial charge < -0.3 is 10.2 Å². The Kier molecular flexibility index (Phi) is 6.22. The van der Waals surface area contributed by atoms with Gasteiger partial charge in [0.2, 0.25) is 0 Å². The molecule has 0 spiro atoms. The molecule has 4 aromatic rings. The summed E-state index contributed by atoms with van der Waals surface area (Å²) in [6, 6.07) is 11.4. The van der Waals surface area contributed by atoms with Crippen molar-refractivity contribution < 1.29 is 4.79 Å². The van der Waals surface area contributed by atoms with Crippen LogP contribution in [0.3, 0.4) is 0 Å². The molecule has 1 aromatic carbocycles. The third-order valence-corrected chi connectivity index (χ3v) is 5.22. The molecule has 0 saturated heterocycles. The maximum Gasteiger partial charge on any atom is 0.333 e. The fraction of sp³-hybridized carbons (Fsp3) is 0.227. The van der Waals surface area contributed by atoms with Crippen molar-refractivity contribution in [1.82, 2.24) is 30.0 Å². The summed E-state index contributed by atoms with van der Waals surface area (Å²) in [7, 11) is 4.04. The van der Waals surface area contributed by atoms with Crippen molar-refractivity contribution in [2.45, 2.75) is 13.5 Å². The van der Waals surface area contributed by atoms with Gasteiger partial charge in [0, 0.05) is 38.1 Å². The van der Waals surface area contributed by atoms with Gasteiger partial charge in [0.25, 0.3) is 0 Å². The van der Waals surface area contributed by atoms with E-state index in [1.54, 1.807) is 24.5 Å². The molecule has 0 bridgehead atoms. The normalized spacial score (nSPS) is 10.9. The lowest BCUT2D eigenvalue weighted by Gasteiger charge is -2.14. The van der Waals surface area contributed by atoms with Gasteiger partial charge in [-0.2, -0.15) is 5.10 Å². The van der Waals surface area contributed by atoms with Gasteiger partial charge in [0.15, 0.2) is 5.65 Å². The Balaban J connectivity index is 1.58. The van der Waals surface area contributed by atoms with Gasteiger partial charge in [-0.1, -0.05) is 24.9 Å². The van der Waals surface area contributed by atoms with Crippen LogP contribution in [0.5, 0.6) is 0 Å². The highest BCUT2D eigenvalue weighted by molar-refractivity contribution is 7.82. The summed E-state index contributed by atoms with van der Waals surface area (Å²) in [6.07, 6.45) is 5.39. The van der Waals surface area contributed by atoms with E-state index in [2.05, 4.69) is 61.3 Å². The number of nitrogens with one attached hydrogen (secondary N) is 1. The van der Waals surface area contributed by atoms with Crippen molar-refractivity contribution in [3.05, 3.63) is 60.6 Å². The quantitative estimate of drug-likeness (QED) is 0.440. The van der Waals surface area contributed by atoms with E-state index in [1.807, 2.05) is 38.0 Å². The fourth-order valence-electron chi connectivity index (χ4n) is 3.18. The molecule has 0 fully saturated rings. The van der Waals surface area contributed by atoms with Crippen LogP contribution in [-0.2, 0) is 6.54 Å². The number of rotatable bonds is 6. The SMILES string of the molecule is CCNC(=O)N(S)c1ccc2ncc(-c3cnn(Cc4cccc(N(C)C)c4)c3)nc2n1. The molecular formula is C22H24N8OS. The Hall–Kier alpha value is -3.66. The average molecular weight is 449 g/mol. The van der Waals surface area contributed by atoms with Gasteiger partial charge in [0.1, 0.15) is 11.3 Å². The highest BCUT2D eigenvalue weighted by Crippen LogP contribution is 2.22. The number of hydrogen-bond donors (Lipinski definition) is 2. The molecular weight excluding hydrogens is 424 g/mol. The van der Waals surface area contributed by atoms with Crippen molar-refractivity contribution in [3.8, 4) is 11.3 Å². The molecule has 0 aliphatic carbocycles. The molecule has 0 unspecified atom stereocenters. The molecule has 1 N–H and O–H groups in total. The summed E-state index contributed by atoms with van der Waals surface area (Å²) < 4.78 is 3.02. The first-order chi connectivity index (χ1) is 15.4. The molecule has 164 valence electrons. The summed E-state index contributed by atoms with van der Waals surface area (Å²) in [5.41, 5.74) is 4.84. The number of aromatic nitrogens is 5. The zero-order valence-corrected chi connectivity index (χ0v) is 19.0. The Morgan fingerprint density at radius 1 is 1.16 bits per heavy atom. The van der Waals surface area contributed by atoms with Crippen LogP contribution in [0.25, 0.3) is 22.4 Å². The molecule has 2 amide bonds. The van der Waals surface area contributed by atoms with E-state index in [1.165, 1.54) is 0 Å². The first kappa shape index (κ1) is 21.6. The molecule has 0 saturated carbocycles. The fourth-order valence-corrected chi connectivity index (χ4v) is 3.36. The predicted molar refractivity (Wildman–Crippen MR) is 129 cm³/mol. The minimum absolute atomic E-state index is 0.355. The lowest BCUT2D eigenvalue weighted by molar-refractivity contribution is 0.250. The first-order valence-electron chi connectivity index (χ1n) is 10.1. The average Bonchev–Trinajstić information content (AvgIpc) is 3.26. The Bertz CT molecular complexity index is 1260. The van der Waals surface area contributed by atoms with Crippen LogP contribution in [0.1, 0.15) is 12.5 Å². The van der Waals surface area contributed by atoms with E-state index in [0.29, 0.717) is 35.8 Å². The summed E-state index contributed by atoms with van der Waals surface area (Å²) in [4.78, 5) is 27.6. The highest BCUT2D eigenvalue weighted by Gasteiger charge is 2.14. The van der Waals surface area contributed by atoms with Crippen LogP contribution in [0, 0.1) is 0 Å². The Morgan fingerprint density at radius 3 is 2.78 bits per heavy atom. The largest absolute Gasteiger partial charge is 0.378 e. The number of urea groups is 1. The minimum Gasteiger partial charge on any atom is -0.378 e. The van der Waals surface area contributed by atoms with Crippen LogP contribution in [0.2, 0.25) is 0 Å². The molecule has 0 aliphatic rings. The van der Waals surface area contributed by atoms with E-state index in [9.17, 15) is 4.79 Å².